The highest BCUT2D eigenvalue weighted by Gasteiger charge is 2.15. The van der Waals surface area contributed by atoms with Gasteiger partial charge in [-0.15, -0.1) is 10.2 Å². The SMILES string of the molecule is Clc1cccc(/C=C\c2nn3c(CN4CCCCCC4)nnc3s2)c1. The van der Waals surface area contributed by atoms with Crippen molar-refractivity contribution in [2.75, 3.05) is 13.1 Å². The summed E-state index contributed by atoms with van der Waals surface area (Å²) in [6.45, 7) is 3.10. The van der Waals surface area contributed by atoms with E-state index in [1.54, 1.807) is 11.3 Å². The van der Waals surface area contributed by atoms with Gasteiger partial charge in [-0.05, 0) is 49.7 Å². The third-order valence-corrected chi connectivity index (χ3v) is 5.50. The van der Waals surface area contributed by atoms with E-state index in [0.717, 1.165) is 46.0 Å². The van der Waals surface area contributed by atoms with Crippen molar-refractivity contribution in [3.8, 4) is 0 Å². The Morgan fingerprint density at radius 3 is 2.72 bits per heavy atom. The molecular formula is C18H20ClN5S. The van der Waals surface area contributed by atoms with Crippen molar-refractivity contribution in [1.29, 1.82) is 0 Å². The van der Waals surface area contributed by atoms with E-state index in [4.69, 9.17) is 11.6 Å². The first-order valence-corrected chi connectivity index (χ1v) is 9.84. The monoisotopic (exact) mass is 373 g/mol. The van der Waals surface area contributed by atoms with E-state index in [0.29, 0.717) is 0 Å². The van der Waals surface area contributed by atoms with Crippen LogP contribution < -0.4 is 0 Å². The second kappa shape index (κ2) is 7.64. The molecule has 0 unspecified atom stereocenters. The van der Waals surface area contributed by atoms with Crippen LogP contribution in [0.2, 0.25) is 5.02 Å². The minimum absolute atomic E-state index is 0.736. The molecule has 0 amide bonds. The summed E-state index contributed by atoms with van der Waals surface area (Å²) in [6.07, 6.45) is 9.23. The van der Waals surface area contributed by atoms with Gasteiger partial charge in [-0.25, -0.2) is 0 Å². The van der Waals surface area contributed by atoms with Crippen LogP contribution in [0.3, 0.4) is 0 Å². The lowest BCUT2D eigenvalue weighted by Crippen LogP contribution is -2.25. The molecule has 0 bridgehead atoms. The Labute approximate surface area is 155 Å². The minimum Gasteiger partial charge on any atom is -0.296 e. The molecule has 2 aromatic heterocycles. The van der Waals surface area contributed by atoms with E-state index >= 15 is 0 Å². The molecule has 3 aromatic rings. The zero-order valence-corrected chi connectivity index (χ0v) is 15.5. The smallest absolute Gasteiger partial charge is 0.235 e. The Kier molecular flexibility index (Phi) is 5.10. The van der Waals surface area contributed by atoms with Crippen LogP contribution in [-0.4, -0.2) is 37.8 Å². The van der Waals surface area contributed by atoms with Crippen molar-refractivity contribution < 1.29 is 0 Å². The Morgan fingerprint density at radius 1 is 1.08 bits per heavy atom. The van der Waals surface area contributed by atoms with Crippen LogP contribution in [-0.2, 0) is 6.54 Å². The summed E-state index contributed by atoms with van der Waals surface area (Å²) in [6, 6.07) is 7.77. The number of fused-ring (bicyclic) bond motifs is 1. The van der Waals surface area contributed by atoms with Gasteiger partial charge in [0.15, 0.2) is 5.82 Å². The number of aromatic nitrogens is 4. The zero-order valence-electron chi connectivity index (χ0n) is 13.9. The first-order chi connectivity index (χ1) is 12.3. The molecule has 1 aliphatic heterocycles. The molecule has 0 saturated carbocycles. The molecule has 25 heavy (non-hydrogen) atoms. The zero-order chi connectivity index (χ0) is 17.1. The average molecular weight is 374 g/mol. The predicted molar refractivity (Wildman–Crippen MR) is 103 cm³/mol. The van der Waals surface area contributed by atoms with Crippen LogP contribution in [0.5, 0.6) is 0 Å². The minimum atomic E-state index is 0.736. The van der Waals surface area contributed by atoms with E-state index in [1.807, 2.05) is 40.9 Å². The Morgan fingerprint density at radius 2 is 1.92 bits per heavy atom. The van der Waals surface area contributed by atoms with Crippen LogP contribution in [0, 0.1) is 0 Å². The van der Waals surface area contributed by atoms with Crippen molar-refractivity contribution in [1.82, 2.24) is 24.7 Å². The van der Waals surface area contributed by atoms with E-state index in [9.17, 15) is 0 Å². The van der Waals surface area contributed by atoms with Gasteiger partial charge in [0.1, 0.15) is 5.01 Å². The van der Waals surface area contributed by atoms with Crippen molar-refractivity contribution in [3.63, 3.8) is 0 Å². The number of benzene rings is 1. The Hall–Kier alpha value is -1.76. The van der Waals surface area contributed by atoms with Gasteiger partial charge >= 0.3 is 0 Å². The lowest BCUT2D eigenvalue weighted by molar-refractivity contribution is 0.268. The molecule has 5 nitrogen and oxygen atoms in total. The highest BCUT2D eigenvalue weighted by molar-refractivity contribution is 7.17. The summed E-state index contributed by atoms with van der Waals surface area (Å²) in [5.74, 6) is 0.926. The number of likely N-dealkylation sites (tertiary alicyclic amines) is 1. The van der Waals surface area contributed by atoms with Crippen molar-refractivity contribution in [3.05, 3.63) is 45.7 Å². The first-order valence-electron chi connectivity index (χ1n) is 8.65. The maximum atomic E-state index is 6.02. The second-order valence-corrected chi connectivity index (χ2v) is 7.75. The fourth-order valence-corrected chi connectivity index (χ4v) is 4.07. The van der Waals surface area contributed by atoms with E-state index in [2.05, 4.69) is 20.2 Å². The van der Waals surface area contributed by atoms with E-state index in [1.165, 1.54) is 25.7 Å². The summed E-state index contributed by atoms with van der Waals surface area (Å²) >= 11 is 7.57. The Balaban J connectivity index is 1.51. The molecule has 0 atom stereocenters. The molecule has 130 valence electrons. The number of hydrogen-bond donors (Lipinski definition) is 0. The molecule has 1 aromatic carbocycles. The van der Waals surface area contributed by atoms with Crippen LogP contribution >= 0.6 is 22.9 Å². The van der Waals surface area contributed by atoms with E-state index in [-0.39, 0.29) is 0 Å². The standard InChI is InChI=1S/C18H20ClN5S/c19-15-7-5-6-14(12-15)8-9-17-22-24-16(20-21-18(24)25-17)13-23-10-3-1-2-4-11-23/h5-9,12H,1-4,10-11,13H2/b9-8-. The highest BCUT2D eigenvalue weighted by atomic mass is 35.5. The summed E-state index contributed by atoms with van der Waals surface area (Å²) in [7, 11) is 0. The number of nitrogens with zero attached hydrogens (tertiary/aromatic N) is 5. The topological polar surface area (TPSA) is 46.3 Å². The highest BCUT2D eigenvalue weighted by Crippen LogP contribution is 2.19. The number of rotatable bonds is 4. The third kappa shape index (κ3) is 4.08. The molecule has 0 aliphatic carbocycles. The normalized spacial score (nSPS) is 16.7. The van der Waals surface area contributed by atoms with Gasteiger partial charge in [0.05, 0.1) is 6.54 Å². The average Bonchev–Trinajstić information content (AvgIpc) is 3.06. The van der Waals surface area contributed by atoms with Gasteiger partial charge in [0.2, 0.25) is 4.96 Å². The number of halogens is 1. The largest absolute Gasteiger partial charge is 0.296 e. The first kappa shape index (κ1) is 16.7. The van der Waals surface area contributed by atoms with Crippen molar-refractivity contribution >= 4 is 40.1 Å². The summed E-state index contributed by atoms with van der Waals surface area (Å²) in [5, 5.41) is 14.9. The quantitative estimate of drug-likeness (QED) is 0.680. The maximum absolute atomic E-state index is 6.02. The molecule has 3 heterocycles. The van der Waals surface area contributed by atoms with Crippen LogP contribution in [0.1, 0.15) is 42.1 Å². The fourth-order valence-electron chi connectivity index (χ4n) is 3.11. The lowest BCUT2D eigenvalue weighted by Gasteiger charge is -2.17. The van der Waals surface area contributed by atoms with E-state index < -0.39 is 0 Å². The summed E-state index contributed by atoms with van der Waals surface area (Å²) < 4.78 is 1.88. The number of hydrogen-bond acceptors (Lipinski definition) is 5. The van der Waals surface area contributed by atoms with Gasteiger partial charge in [0, 0.05) is 5.02 Å². The van der Waals surface area contributed by atoms with Gasteiger partial charge in [0.25, 0.3) is 0 Å². The van der Waals surface area contributed by atoms with Gasteiger partial charge in [-0.3, -0.25) is 4.90 Å². The molecular weight excluding hydrogens is 354 g/mol. The van der Waals surface area contributed by atoms with Crippen molar-refractivity contribution in [2.45, 2.75) is 32.2 Å². The molecule has 0 spiro atoms. The van der Waals surface area contributed by atoms with Crippen molar-refractivity contribution in [2.24, 2.45) is 0 Å². The third-order valence-electron chi connectivity index (χ3n) is 4.40. The van der Waals surface area contributed by atoms with Gasteiger partial charge in [-0.2, -0.15) is 9.61 Å². The molecule has 1 saturated heterocycles. The van der Waals surface area contributed by atoms with Crippen LogP contribution in [0.25, 0.3) is 17.1 Å². The lowest BCUT2D eigenvalue weighted by atomic mass is 10.2. The fraction of sp³-hybridized carbons (Fsp3) is 0.389. The molecule has 1 aliphatic rings. The summed E-state index contributed by atoms with van der Waals surface area (Å²) in [4.78, 5) is 3.31. The van der Waals surface area contributed by atoms with Crippen LogP contribution in [0.4, 0.5) is 0 Å². The van der Waals surface area contributed by atoms with Gasteiger partial charge in [-0.1, -0.05) is 54.0 Å². The molecule has 7 heteroatoms. The van der Waals surface area contributed by atoms with Crippen LogP contribution in [0.15, 0.2) is 24.3 Å². The summed E-state index contributed by atoms with van der Waals surface area (Å²) in [5.41, 5.74) is 1.06. The molecule has 0 radical (unpaired) electrons. The maximum Gasteiger partial charge on any atom is 0.235 e. The molecule has 1 fully saturated rings. The molecule has 0 N–H and O–H groups in total. The molecule has 4 rings (SSSR count). The predicted octanol–water partition coefficient (Wildman–Crippen LogP) is 4.39. The van der Waals surface area contributed by atoms with Gasteiger partial charge < -0.3 is 0 Å². The Bertz CT molecular complexity index is 877. The second-order valence-electron chi connectivity index (χ2n) is 6.33.